The normalized spacial score (nSPS) is 13.9. The van der Waals surface area contributed by atoms with E-state index >= 15 is 0 Å². The number of fused-ring (bicyclic) bond motifs is 1. The number of likely N-dealkylation sites (tertiary alicyclic amines) is 1. The summed E-state index contributed by atoms with van der Waals surface area (Å²) in [5, 5.41) is 3.82. The molecule has 4 rings (SSSR count). The lowest BCUT2D eigenvalue weighted by atomic mass is 10.1. The Kier molecular flexibility index (Phi) is 6.07. The molecule has 0 spiro atoms. The molecule has 0 unspecified atom stereocenters. The number of benzene rings is 2. The molecule has 1 aliphatic rings. The van der Waals surface area contributed by atoms with E-state index in [2.05, 4.69) is 5.32 Å². The Balaban J connectivity index is 1.71. The van der Waals surface area contributed by atoms with Crippen molar-refractivity contribution in [1.82, 2.24) is 9.47 Å². The molecule has 5 nitrogen and oxygen atoms in total. The lowest BCUT2D eigenvalue weighted by Gasteiger charge is -2.17. The second-order valence-electron chi connectivity index (χ2n) is 8.66. The molecular weight excluding hydrogens is 393 g/mol. The van der Waals surface area contributed by atoms with Gasteiger partial charge in [-0.15, -0.1) is 0 Å². The van der Waals surface area contributed by atoms with Gasteiger partial charge in [-0.1, -0.05) is 26.0 Å². The van der Waals surface area contributed by atoms with Gasteiger partial charge < -0.3 is 14.8 Å². The van der Waals surface area contributed by atoms with Gasteiger partial charge in [0.2, 0.25) is 5.91 Å². The van der Waals surface area contributed by atoms with Gasteiger partial charge in [0.1, 0.15) is 11.5 Å². The number of hydrogen-bond acceptors (Lipinski definition) is 2. The number of nitrogens with one attached hydrogen (secondary N) is 1. The van der Waals surface area contributed by atoms with Gasteiger partial charge in [0.25, 0.3) is 5.91 Å². The standard InChI is InChI=1S/C25H28FN3O2/c1-17(2)12-24(30)27-21-8-9-22-19(14-21)15-23(25(31)28-10-3-4-11-28)29(22)16-18-6-5-7-20(26)13-18/h5-9,13-15,17H,3-4,10-12,16H2,1-2H3,(H,27,30). The van der Waals surface area contributed by atoms with Gasteiger partial charge in [-0.3, -0.25) is 9.59 Å². The molecule has 3 aromatic rings. The number of nitrogens with zero attached hydrogens (tertiary/aromatic N) is 2. The van der Waals surface area contributed by atoms with E-state index in [1.807, 2.05) is 53.6 Å². The van der Waals surface area contributed by atoms with E-state index in [9.17, 15) is 14.0 Å². The first-order valence-corrected chi connectivity index (χ1v) is 10.9. The number of carbonyl (C=O) groups excluding carboxylic acids is 2. The molecule has 0 saturated carbocycles. The predicted octanol–water partition coefficient (Wildman–Crippen LogP) is 5.05. The van der Waals surface area contributed by atoms with Gasteiger partial charge in [-0.05, 0) is 60.7 Å². The molecule has 0 radical (unpaired) electrons. The first kappa shape index (κ1) is 21.1. The van der Waals surface area contributed by atoms with Crippen LogP contribution in [0.1, 0.15) is 49.2 Å². The zero-order valence-corrected chi connectivity index (χ0v) is 18.0. The van der Waals surface area contributed by atoms with E-state index in [1.165, 1.54) is 12.1 Å². The third-order valence-electron chi connectivity index (χ3n) is 5.62. The maximum absolute atomic E-state index is 13.8. The van der Waals surface area contributed by atoms with E-state index in [0.717, 1.165) is 42.4 Å². The van der Waals surface area contributed by atoms with Crippen molar-refractivity contribution in [2.45, 2.75) is 39.7 Å². The van der Waals surface area contributed by atoms with Crippen LogP contribution in [0.4, 0.5) is 10.1 Å². The smallest absolute Gasteiger partial charge is 0.270 e. The number of carbonyl (C=O) groups is 2. The lowest BCUT2D eigenvalue weighted by Crippen LogP contribution is -2.29. The molecule has 31 heavy (non-hydrogen) atoms. The summed E-state index contributed by atoms with van der Waals surface area (Å²) in [7, 11) is 0. The second-order valence-corrected chi connectivity index (χ2v) is 8.66. The fourth-order valence-electron chi connectivity index (χ4n) is 4.18. The number of aromatic nitrogens is 1. The van der Waals surface area contributed by atoms with E-state index in [-0.39, 0.29) is 23.5 Å². The van der Waals surface area contributed by atoms with Crippen LogP contribution in [0.25, 0.3) is 10.9 Å². The Morgan fingerprint density at radius 3 is 2.55 bits per heavy atom. The highest BCUT2D eigenvalue weighted by atomic mass is 19.1. The van der Waals surface area contributed by atoms with Gasteiger partial charge in [0.05, 0.1) is 0 Å². The summed E-state index contributed by atoms with van der Waals surface area (Å²) in [5.74, 6) is -0.0466. The van der Waals surface area contributed by atoms with Crippen LogP contribution in [0, 0.1) is 11.7 Å². The zero-order chi connectivity index (χ0) is 22.0. The average molecular weight is 422 g/mol. The fourth-order valence-corrected chi connectivity index (χ4v) is 4.18. The SMILES string of the molecule is CC(C)CC(=O)Nc1ccc2c(c1)cc(C(=O)N1CCCC1)n2Cc1cccc(F)c1. The maximum Gasteiger partial charge on any atom is 0.270 e. The Labute approximate surface area is 181 Å². The van der Waals surface area contributed by atoms with Crippen molar-refractivity contribution in [3.63, 3.8) is 0 Å². The highest BCUT2D eigenvalue weighted by molar-refractivity contribution is 6.00. The molecule has 2 aromatic carbocycles. The Hall–Kier alpha value is -3.15. The first-order valence-electron chi connectivity index (χ1n) is 10.9. The van der Waals surface area contributed by atoms with Crippen LogP contribution in [0.5, 0.6) is 0 Å². The zero-order valence-electron chi connectivity index (χ0n) is 18.0. The monoisotopic (exact) mass is 421 g/mol. The van der Waals surface area contributed by atoms with Gasteiger partial charge in [0, 0.05) is 42.6 Å². The van der Waals surface area contributed by atoms with Crippen LogP contribution in [0.15, 0.2) is 48.5 Å². The van der Waals surface area contributed by atoms with Gasteiger partial charge in [-0.25, -0.2) is 4.39 Å². The van der Waals surface area contributed by atoms with Crippen LogP contribution in [-0.4, -0.2) is 34.4 Å². The van der Waals surface area contributed by atoms with Gasteiger partial charge in [0.15, 0.2) is 0 Å². The van der Waals surface area contributed by atoms with Crippen molar-refractivity contribution in [1.29, 1.82) is 0 Å². The molecule has 1 aromatic heterocycles. The van der Waals surface area contributed by atoms with Gasteiger partial charge in [-0.2, -0.15) is 0 Å². The minimum absolute atomic E-state index is 0.00417. The van der Waals surface area contributed by atoms with Gasteiger partial charge >= 0.3 is 0 Å². The number of anilines is 1. The molecule has 1 fully saturated rings. The molecule has 1 saturated heterocycles. The summed E-state index contributed by atoms with van der Waals surface area (Å²) >= 11 is 0. The third kappa shape index (κ3) is 4.79. The van der Waals surface area contributed by atoms with E-state index < -0.39 is 0 Å². The van der Waals surface area contributed by atoms with Crippen LogP contribution in [0.3, 0.4) is 0 Å². The minimum Gasteiger partial charge on any atom is -0.337 e. The molecule has 1 N–H and O–H groups in total. The minimum atomic E-state index is -0.295. The highest BCUT2D eigenvalue weighted by Gasteiger charge is 2.24. The van der Waals surface area contributed by atoms with E-state index in [1.54, 1.807) is 6.07 Å². The summed E-state index contributed by atoms with van der Waals surface area (Å²) in [6.07, 6.45) is 2.49. The Morgan fingerprint density at radius 2 is 1.84 bits per heavy atom. The number of amides is 2. The Bertz CT molecular complexity index is 1110. The van der Waals surface area contributed by atoms with Crippen molar-refractivity contribution in [3.05, 3.63) is 65.6 Å². The third-order valence-corrected chi connectivity index (χ3v) is 5.62. The summed E-state index contributed by atoms with van der Waals surface area (Å²) in [6, 6.07) is 14.0. The van der Waals surface area contributed by atoms with Crippen LogP contribution in [-0.2, 0) is 11.3 Å². The van der Waals surface area contributed by atoms with Crippen LogP contribution >= 0.6 is 0 Å². The van der Waals surface area contributed by atoms with Crippen molar-refractivity contribution >= 4 is 28.4 Å². The van der Waals surface area contributed by atoms with Crippen molar-refractivity contribution in [2.75, 3.05) is 18.4 Å². The van der Waals surface area contributed by atoms with Crippen molar-refractivity contribution in [3.8, 4) is 0 Å². The van der Waals surface area contributed by atoms with E-state index in [4.69, 9.17) is 0 Å². The number of halogens is 1. The van der Waals surface area contributed by atoms with E-state index in [0.29, 0.717) is 24.3 Å². The molecule has 1 aliphatic heterocycles. The first-order chi connectivity index (χ1) is 14.9. The molecule has 6 heteroatoms. The molecule has 0 bridgehead atoms. The van der Waals surface area contributed by atoms with Crippen LogP contribution < -0.4 is 5.32 Å². The highest BCUT2D eigenvalue weighted by Crippen LogP contribution is 2.27. The number of hydrogen-bond donors (Lipinski definition) is 1. The Morgan fingerprint density at radius 1 is 1.06 bits per heavy atom. The van der Waals surface area contributed by atoms with Crippen molar-refractivity contribution in [2.24, 2.45) is 5.92 Å². The molecule has 0 atom stereocenters. The molecule has 2 amide bonds. The number of rotatable bonds is 6. The second kappa shape index (κ2) is 8.92. The molecule has 0 aliphatic carbocycles. The van der Waals surface area contributed by atoms with Crippen LogP contribution in [0.2, 0.25) is 0 Å². The fraction of sp³-hybridized carbons (Fsp3) is 0.360. The lowest BCUT2D eigenvalue weighted by molar-refractivity contribution is -0.116. The topological polar surface area (TPSA) is 54.3 Å². The largest absolute Gasteiger partial charge is 0.337 e. The quantitative estimate of drug-likeness (QED) is 0.606. The summed E-state index contributed by atoms with van der Waals surface area (Å²) in [5.41, 5.74) is 2.98. The summed E-state index contributed by atoms with van der Waals surface area (Å²) in [4.78, 5) is 27.3. The molecule has 2 heterocycles. The molecular formula is C25H28FN3O2. The maximum atomic E-state index is 13.8. The average Bonchev–Trinajstić information content (AvgIpc) is 3.35. The summed E-state index contributed by atoms with van der Waals surface area (Å²) < 4.78 is 15.7. The summed E-state index contributed by atoms with van der Waals surface area (Å²) in [6.45, 7) is 5.93. The molecule has 162 valence electrons. The predicted molar refractivity (Wildman–Crippen MR) is 121 cm³/mol. The van der Waals surface area contributed by atoms with Crippen molar-refractivity contribution < 1.29 is 14.0 Å².